The van der Waals surface area contributed by atoms with E-state index < -0.39 is 33.0 Å². The molecule has 1 aromatic heterocycles. The van der Waals surface area contributed by atoms with Crippen molar-refractivity contribution in [2.45, 2.75) is 21.1 Å². The maximum atomic E-state index is 13.8. The number of carbonyl (C=O) groups is 3. The van der Waals surface area contributed by atoms with Crippen LogP contribution in [0.4, 0.5) is 11.4 Å². The molecule has 0 radical (unpaired) electrons. The number of carbonyl (C=O) groups excluding carboxylic acids is 3. The molecular weight excluding hydrogens is 629 g/mol. The van der Waals surface area contributed by atoms with Gasteiger partial charge in [-0.15, -0.1) is 0 Å². The van der Waals surface area contributed by atoms with Gasteiger partial charge in [-0.05, 0) is 54.1 Å². The highest BCUT2D eigenvalue weighted by atomic mass is 32.2. The number of methoxy groups -OCH3 is 1. The number of hydrogen-bond donors (Lipinski definition) is 3. The molecule has 4 aromatic rings. The van der Waals surface area contributed by atoms with Gasteiger partial charge in [-0.2, -0.15) is 0 Å². The van der Waals surface area contributed by atoms with Crippen molar-refractivity contribution in [1.82, 2.24) is 4.98 Å². The lowest BCUT2D eigenvalue weighted by molar-refractivity contribution is -0.122. The van der Waals surface area contributed by atoms with E-state index in [-0.39, 0.29) is 39.7 Å². The van der Waals surface area contributed by atoms with Crippen LogP contribution in [0, 0.1) is 5.92 Å². The number of aromatic amines is 1. The number of amides is 3. The van der Waals surface area contributed by atoms with Crippen LogP contribution in [0.1, 0.15) is 16.4 Å². The highest BCUT2D eigenvalue weighted by molar-refractivity contribution is 8.00. The first kappa shape index (κ1) is 29.6. The van der Waals surface area contributed by atoms with E-state index in [9.17, 15) is 27.6 Å². The van der Waals surface area contributed by atoms with Crippen LogP contribution in [-0.4, -0.2) is 50.1 Å². The predicted octanol–water partition coefficient (Wildman–Crippen LogP) is 2.91. The molecule has 1 saturated heterocycles. The van der Waals surface area contributed by atoms with Gasteiger partial charge in [0.2, 0.25) is 21.8 Å². The van der Waals surface area contributed by atoms with Crippen molar-refractivity contribution in [3.8, 4) is 11.5 Å². The quantitative estimate of drug-likeness (QED) is 0.242. The molecule has 0 saturated carbocycles. The minimum atomic E-state index is -3.86. The van der Waals surface area contributed by atoms with E-state index in [0.29, 0.717) is 26.8 Å². The normalized spacial score (nSPS) is 19.3. The van der Waals surface area contributed by atoms with Crippen LogP contribution in [0.3, 0.4) is 0 Å². The minimum Gasteiger partial charge on any atom is -0.493 e. The van der Waals surface area contributed by atoms with E-state index in [1.807, 2.05) is 0 Å². The number of benzene rings is 3. The number of imide groups is 1. The number of nitrogens with two attached hydrogens (primary N) is 1. The van der Waals surface area contributed by atoms with Crippen LogP contribution in [0.2, 0.25) is 0 Å². The summed E-state index contributed by atoms with van der Waals surface area (Å²) in [5.74, 6) is -2.07. The Labute approximate surface area is 259 Å². The molecule has 226 valence electrons. The Morgan fingerprint density at radius 1 is 1.00 bits per heavy atom. The summed E-state index contributed by atoms with van der Waals surface area (Å²) in [6.07, 6.45) is 0. The number of sulfonamides is 1. The highest BCUT2D eigenvalue weighted by Gasteiger charge is 2.56. The van der Waals surface area contributed by atoms with Crippen LogP contribution < -0.4 is 29.7 Å². The number of fused-ring (bicyclic) bond motifs is 2. The number of aromatic nitrogens is 1. The summed E-state index contributed by atoms with van der Waals surface area (Å²) in [4.78, 5) is 56.6. The first-order chi connectivity index (χ1) is 21.0. The molecule has 4 N–H and O–H groups in total. The molecule has 0 aliphatic carbocycles. The smallest absolute Gasteiger partial charge is 0.305 e. The lowest BCUT2D eigenvalue weighted by Gasteiger charge is -2.30. The molecule has 3 aromatic carbocycles. The summed E-state index contributed by atoms with van der Waals surface area (Å²) in [5.41, 5.74) is 1.46. The van der Waals surface area contributed by atoms with Crippen LogP contribution in [-0.2, 0) is 24.4 Å². The second-order valence-electron chi connectivity index (χ2n) is 9.91. The molecule has 3 amide bonds. The van der Waals surface area contributed by atoms with Crippen molar-refractivity contribution in [3.05, 3.63) is 92.9 Å². The van der Waals surface area contributed by atoms with Crippen LogP contribution in [0.5, 0.6) is 11.5 Å². The van der Waals surface area contributed by atoms with Crippen molar-refractivity contribution in [2.75, 3.05) is 23.9 Å². The zero-order chi connectivity index (χ0) is 31.2. The van der Waals surface area contributed by atoms with Crippen LogP contribution in [0.25, 0.3) is 0 Å². The summed E-state index contributed by atoms with van der Waals surface area (Å²) in [7, 11) is -2.43. The third-order valence-corrected chi connectivity index (χ3v) is 10.5. The Morgan fingerprint density at radius 2 is 1.73 bits per heavy atom. The molecular formula is C29H24N4O8S3. The Balaban J connectivity index is 1.25. The Hall–Kier alpha value is -4.44. The summed E-state index contributed by atoms with van der Waals surface area (Å²) < 4.78 is 34.2. The SMILES string of the molecule is COc1cc([C@@H]2c3sc(=O)[nH]c3S[C@H]3C(=O)N(c4ccccc4)C(=O)[C@@H]23)ccc1OCC(=O)Nc1ccc(S(N)(=O)=O)cc1. The molecule has 44 heavy (non-hydrogen) atoms. The van der Waals surface area contributed by atoms with E-state index in [1.54, 1.807) is 48.5 Å². The number of primary sulfonamides is 1. The number of nitrogens with zero attached hydrogens (tertiary/aromatic N) is 1. The van der Waals surface area contributed by atoms with Crippen LogP contribution >= 0.6 is 23.1 Å². The fraction of sp³-hybridized carbons (Fsp3) is 0.172. The second kappa shape index (κ2) is 11.6. The fourth-order valence-electron chi connectivity index (χ4n) is 5.27. The van der Waals surface area contributed by atoms with Gasteiger partial charge in [-0.25, -0.2) is 18.5 Å². The number of anilines is 2. The van der Waals surface area contributed by atoms with Gasteiger partial charge in [0.05, 0.1) is 28.6 Å². The van der Waals surface area contributed by atoms with Gasteiger partial charge in [-0.3, -0.25) is 19.2 Å². The Kier molecular flexibility index (Phi) is 7.79. The molecule has 12 nitrogen and oxygen atoms in total. The molecule has 6 rings (SSSR count). The van der Waals surface area contributed by atoms with Crippen molar-refractivity contribution >= 4 is 62.2 Å². The lowest BCUT2D eigenvalue weighted by atomic mass is 9.83. The number of rotatable bonds is 8. The number of hydrogen-bond acceptors (Lipinski definition) is 10. The first-order valence-electron chi connectivity index (χ1n) is 13.1. The van der Waals surface area contributed by atoms with Gasteiger partial charge in [0.15, 0.2) is 18.1 Å². The maximum Gasteiger partial charge on any atom is 0.305 e. The third kappa shape index (κ3) is 5.50. The fourth-order valence-corrected chi connectivity index (χ4v) is 8.30. The molecule has 0 spiro atoms. The van der Waals surface area contributed by atoms with Crippen molar-refractivity contribution in [3.63, 3.8) is 0 Å². The van der Waals surface area contributed by atoms with Gasteiger partial charge in [0, 0.05) is 16.5 Å². The first-order valence-corrected chi connectivity index (χ1v) is 16.4. The van der Waals surface area contributed by atoms with Gasteiger partial charge in [0.1, 0.15) is 5.25 Å². The second-order valence-corrected chi connectivity index (χ2v) is 13.6. The number of ether oxygens (including phenoxy) is 2. The zero-order valence-electron chi connectivity index (χ0n) is 22.9. The molecule has 3 heterocycles. The zero-order valence-corrected chi connectivity index (χ0v) is 25.3. The van der Waals surface area contributed by atoms with Gasteiger partial charge in [-0.1, -0.05) is 47.4 Å². The number of nitrogens with one attached hydrogen (secondary N) is 2. The topological polar surface area (TPSA) is 178 Å². The summed E-state index contributed by atoms with van der Waals surface area (Å²) in [6, 6.07) is 19.1. The monoisotopic (exact) mass is 652 g/mol. The van der Waals surface area contributed by atoms with Gasteiger partial charge < -0.3 is 19.8 Å². The number of para-hydroxylation sites is 1. The van der Waals surface area contributed by atoms with Crippen LogP contribution in [0.15, 0.2) is 87.5 Å². The summed E-state index contributed by atoms with van der Waals surface area (Å²) >= 11 is 2.19. The Bertz CT molecular complexity index is 1940. The number of thioether (sulfide) groups is 1. The molecule has 2 aliphatic heterocycles. The minimum absolute atomic E-state index is 0.0880. The molecule has 15 heteroatoms. The molecule has 3 atom stereocenters. The Morgan fingerprint density at radius 3 is 2.41 bits per heavy atom. The molecule has 0 bridgehead atoms. The van der Waals surface area contributed by atoms with Gasteiger partial charge >= 0.3 is 4.87 Å². The van der Waals surface area contributed by atoms with Gasteiger partial charge in [0.25, 0.3) is 5.91 Å². The average molecular weight is 653 g/mol. The summed E-state index contributed by atoms with van der Waals surface area (Å²) in [6.45, 7) is -0.389. The summed E-state index contributed by atoms with van der Waals surface area (Å²) in [5, 5.41) is 7.52. The van der Waals surface area contributed by atoms with E-state index in [2.05, 4.69) is 10.3 Å². The maximum absolute atomic E-state index is 13.8. The predicted molar refractivity (Wildman–Crippen MR) is 164 cm³/mol. The lowest BCUT2D eigenvalue weighted by Crippen LogP contribution is -2.32. The molecule has 2 aliphatic rings. The van der Waals surface area contributed by atoms with E-state index in [1.165, 1.54) is 48.0 Å². The molecule has 1 fully saturated rings. The van der Waals surface area contributed by atoms with E-state index >= 15 is 0 Å². The van der Waals surface area contributed by atoms with Crippen molar-refractivity contribution in [1.29, 1.82) is 0 Å². The van der Waals surface area contributed by atoms with Crippen molar-refractivity contribution in [2.24, 2.45) is 11.1 Å². The number of thiazole rings is 1. The van der Waals surface area contributed by atoms with E-state index in [4.69, 9.17) is 14.6 Å². The largest absolute Gasteiger partial charge is 0.493 e. The van der Waals surface area contributed by atoms with E-state index in [0.717, 1.165) is 11.3 Å². The number of H-pyrrole nitrogens is 1. The van der Waals surface area contributed by atoms with Crippen molar-refractivity contribution < 1.29 is 32.3 Å². The third-order valence-electron chi connectivity index (χ3n) is 7.21. The average Bonchev–Trinajstić information content (AvgIpc) is 3.50. The standard InChI is InChI=1S/C29H24N4O8S3/c1-40-20-13-15(7-12-19(20)41-14-21(34)31-16-8-10-18(11-9-16)44(30,38)39)22-23-25(42-26-24(22)43-29(37)32-26)28(36)33(27(23)35)17-5-3-2-4-6-17/h2-13,22-23,25H,14H2,1H3,(H,31,34)(H,32,37)(H2,30,38,39)/t22-,23-,25+/m0/s1. The molecule has 0 unspecified atom stereocenters. The highest BCUT2D eigenvalue weighted by Crippen LogP contribution is 2.53.